The van der Waals surface area contributed by atoms with Gasteiger partial charge in [-0.15, -0.1) is 0 Å². The highest BCUT2D eigenvalue weighted by Crippen LogP contribution is 2.42. The van der Waals surface area contributed by atoms with E-state index in [1.807, 2.05) is 11.8 Å². The number of aliphatic hydroxyl groups is 1. The van der Waals surface area contributed by atoms with E-state index in [0.717, 1.165) is 5.70 Å². The number of hydrogen-bond acceptors (Lipinski definition) is 2. The Hall–Kier alpha value is -0.830. The van der Waals surface area contributed by atoms with E-state index in [1.54, 1.807) is 6.92 Å². The van der Waals surface area contributed by atoms with Crippen LogP contribution < -0.4 is 0 Å². The molecule has 2 heterocycles. The summed E-state index contributed by atoms with van der Waals surface area (Å²) in [4.78, 5) is 13.4. The minimum Gasteiger partial charge on any atom is -0.393 e. The average Bonchev–Trinajstić information content (AvgIpc) is 2.20. The van der Waals surface area contributed by atoms with Crippen molar-refractivity contribution in [2.75, 3.05) is 0 Å². The lowest BCUT2D eigenvalue weighted by molar-refractivity contribution is -0.159. The van der Waals surface area contributed by atoms with Gasteiger partial charge in [0, 0.05) is 5.70 Å². The zero-order chi connectivity index (χ0) is 9.75. The van der Waals surface area contributed by atoms with E-state index in [-0.39, 0.29) is 17.9 Å². The summed E-state index contributed by atoms with van der Waals surface area (Å²) in [7, 11) is 0. The maximum Gasteiger partial charge on any atom is 0.234 e. The highest BCUT2D eigenvalue weighted by Gasteiger charge is 2.54. The molecule has 1 N–H and O–H groups in total. The van der Waals surface area contributed by atoms with E-state index in [1.165, 1.54) is 0 Å². The number of aliphatic hydroxyl groups excluding tert-OH is 1. The fraction of sp³-hybridized carbons (Fsp3) is 0.700. The van der Waals surface area contributed by atoms with Crippen molar-refractivity contribution in [1.82, 2.24) is 4.90 Å². The van der Waals surface area contributed by atoms with Crippen LogP contribution in [0.4, 0.5) is 0 Å². The molecule has 0 bridgehead atoms. The summed E-state index contributed by atoms with van der Waals surface area (Å²) in [6, 6.07) is 0.215. The molecule has 2 aliphatic heterocycles. The van der Waals surface area contributed by atoms with Gasteiger partial charge in [-0.05, 0) is 19.8 Å². The van der Waals surface area contributed by atoms with Crippen LogP contribution in [0.2, 0.25) is 0 Å². The van der Waals surface area contributed by atoms with Crippen LogP contribution in [0.5, 0.6) is 0 Å². The standard InChI is InChI=1S/C10H15NO2/c1-5-4-6(2)11-9(5)8(7(3)12)10(11)13/h4-5,7-9,12H,1-3H3. The minimum atomic E-state index is -0.518. The molecular formula is C10H15NO2. The first kappa shape index (κ1) is 8.75. The summed E-state index contributed by atoms with van der Waals surface area (Å²) in [5, 5.41) is 9.42. The Morgan fingerprint density at radius 1 is 1.62 bits per heavy atom. The second kappa shape index (κ2) is 2.58. The Morgan fingerprint density at radius 2 is 2.23 bits per heavy atom. The van der Waals surface area contributed by atoms with Gasteiger partial charge in [-0.2, -0.15) is 0 Å². The quantitative estimate of drug-likeness (QED) is 0.606. The largest absolute Gasteiger partial charge is 0.393 e. The molecule has 4 atom stereocenters. The monoisotopic (exact) mass is 181 g/mol. The first-order chi connectivity index (χ1) is 6.04. The molecule has 13 heavy (non-hydrogen) atoms. The third kappa shape index (κ3) is 0.967. The normalized spacial score (nSPS) is 39.7. The molecule has 0 spiro atoms. The molecule has 0 radical (unpaired) electrons. The van der Waals surface area contributed by atoms with Gasteiger partial charge in [-0.3, -0.25) is 4.79 Å². The number of hydrogen-bond donors (Lipinski definition) is 1. The summed E-state index contributed by atoms with van der Waals surface area (Å²) in [5.41, 5.74) is 1.04. The lowest BCUT2D eigenvalue weighted by Gasteiger charge is -2.46. The number of β-lactam (4-membered cyclic amide) rings is 1. The lowest BCUT2D eigenvalue weighted by atomic mass is 9.79. The number of amides is 1. The number of carbonyl (C=O) groups is 1. The fourth-order valence-electron chi connectivity index (χ4n) is 2.55. The molecule has 2 aliphatic rings. The van der Waals surface area contributed by atoms with E-state index in [0.29, 0.717) is 5.92 Å². The zero-order valence-electron chi connectivity index (χ0n) is 8.19. The highest BCUT2D eigenvalue weighted by atomic mass is 16.3. The van der Waals surface area contributed by atoms with Crippen molar-refractivity contribution in [3.63, 3.8) is 0 Å². The van der Waals surface area contributed by atoms with Crippen molar-refractivity contribution in [3.8, 4) is 0 Å². The van der Waals surface area contributed by atoms with Crippen molar-refractivity contribution < 1.29 is 9.90 Å². The van der Waals surface area contributed by atoms with Gasteiger partial charge in [-0.1, -0.05) is 13.0 Å². The molecule has 2 rings (SSSR count). The van der Waals surface area contributed by atoms with Crippen molar-refractivity contribution in [2.24, 2.45) is 11.8 Å². The first-order valence-corrected chi connectivity index (χ1v) is 4.73. The summed E-state index contributed by atoms with van der Waals surface area (Å²) >= 11 is 0. The third-order valence-corrected chi connectivity index (χ3v) is 3.13. The SMILES string of the molecule is CC1=CC(C)C2C(C(C)O)C(=O)N12. The second-order valence-electron chi connectivity index (χ2n) is 4.13. The molecule has 0 aliphatic carbocycles. The Labute approximate surface area is 78.0 Å². The van der Waals surface area contributed by atoms with Crippen LogP contribution in [0.1, 0.15) is 20.8 Å². The molecule has 0 aromatic heterocycles. The number of allylic oxidation sites excluding steroid dienone is 1. The number of carbonyl (C=O) groups excluding carboxylic acids is 1. The number of rotatable bonds is 1. The lowest BCUT2D eigenvalue weighted by Crippen LogP contribution is -2.62. The van der Waals surface area contributed by atoms with Gasteiger partial charge in [-0.25, -0.2) is 0 Å². The van der Waals surface area contributed by atoms with Gasteiger partial charge in [0.05, 0.1) is 18.1 Å². The molecule has 0 aromatic rings. The summed E-state index contributed by atoms with van der Waals surface area (Å²) < 4.78 is 0. The van der Waals surface area contributed by atoms with Crippen LogP contribution in [-0.2, 0) is 4.79 Å². The average molecular weight is 181 g/mol. The van der Waals surface area contributed by atoms with E-state index < -0.39 is 6.10 Å². The minimum absolute atomic E-state index is 0.0816. The summed E-state index contributed by atoms with van der Waals surface area (Å²) in [6.07, 6.45) is 1.58. The topological polar surface area (TPSA) is 40.5 Å². The highest BCUT2D eigenvalue weighted by molar-refractivity contribution is 5.89. The van der Waals surface area contributed by atoms with Gasteiger partial charge < -0.3 is 10.0 Å². The van der Waals surface area contributed by atoms with Gasteiger partial charge >= 0.3 is 0 Å². The van der Waals surface area contributed by atoms with Gasteiger partial charge in [0.1, 0.15) is 0 Å². The number of nitrogens with zero attached hydrogens (tertiary/aromatic N) is 1. The van der Waals surface area contributed by atoms with Crippen LogP contribution in [0.3, 0.4) is 0 Å². The van der Waals surface area contributed by atoms with Crippen LogP contribution >= 0.6 is 0 Å². The number of fused-ring (bicyclic) bond motifs is 1. The van der Waals surface area contributed by atoms with Gasteiger partial charge in [0.2, 0.25) is 5.91 Å². The van der Waals surface area contributed by atoms with E-state index >= 15 is 0 Å². The predicted molar refractivity (Wildman–Crippen MR) is 48.7 cm³/mol. The van der Waals surface area contributed by atoms with Crippen LogP contribution in [0.15, 0.2) is 11.8 Å². The molecule has 0 aromatic carbocycles. The molecular weight excluding hydrogens is 166 g/mol. The maximum atomic E-state index is 11.6. The molecule has 72 valence electrons. The summed E-state index contributed by atoms with van der Waals surface area (Å²) in [5.74, 6) is 0.291. The third-order valence-electron chi connectivity index (χ3n) is 3.13. The van der Waals surface area contributed by atoms with Crippen molar-refractivity contribution in [1.29, 1.82) is 0 Å². The Bertz CT molecular complexity index is 283. The first-order valence-electron chi connectivity index (χ1n) is 4.73. The zero-order valence-corrected chi connectivity index (χ0v) is 8.19. The predicted octanol–water partition coefficient (Wildman–Crippen LogP) is 0.748. The Morgan fingerprint density at radius 3 is 2.77 bits per heavy atom. The molecule has 1 amide bonds. The van der Waals surface area contributed by atoms with Gasteiger partial charge in [0.15, 0.2) is 0 Å². The molecule has 0 saturated carbocycles. The van der Waals surface area contributed by atoms with Crippen molar-refractivity contribution in [3.05, 3.63) is 11.8 Å². The molecule has 3 heteroatoms. The van der Waals surface area contributed by atoms with E-state index in [2.05, 4.69) is 13.0 Å². The molecule has 1 saturated heterocycles. The van der Waals surface area contributed by atoms with Crippen molar-refractivity contribution >= 4 is 5.91 Å². The fourth-order valence-corrected chi connectivity index (χ4v) is 2.55. The Balaban J connectivity index is 2.22. The van der Waals surface area contributed by atoms with Crippen LogP contribution in [0, 0.1) is 11.8 Å². The van der Waals surface area contributed by atoms with Crippen molar-refractivity contribution in [2.45, 2.75) is 32.9 Å². The van der Waals surface area contributed by atoms with E-state index in [9.17, 15) is 9.90 Å². The Kier molecular flexibility index (Phi) is 1.74. The van der Waals surface area contributed by atoms with E-state index in [4.69, 9.17) is 0 Å². The maximum absolute atomic E-state index is 11.6. The summed E-state index contributed by atoms with van der Waals surface area (Å²) in [6.45, 7) is 5.74. The molecule has 1 fully saturated rings. The second-order valence-corrected chi connectivity index (χ2v) is 4.13. The van der Waals surface area contributed by atoms with Crippen LogP contribution in [-0.4, -0.2) is 28.1 Å². The smallest absolute Gasteiger partial charge is 0.234 e. The van der Waals surface area contributed by atoms with Gasteiger partial charge in [0.25, 0.3) is 0 Å². The van der Waals surface area contributed by atoms with Crippen LogP contribution in [0.25, 0.3) is 0 Å². The molecule has 3 nitrogen and oxygen atoms in total. The molecule has 4 unspecified atom stereocenters.